The summed E-state index contributed by atoms with van der Waals surface area (Å²) >= 11 is 5.66. The van der Waals surface area contributed by atoms with Gasteiger partial charge in [-0.05, 0) is 23.1 Å². The minimum absolute atomic E-state index is 0.134. The van der Waals surface area contributed by atoms with E-state index in [1.54, 1.807) is 12.1 Å². The van der Waals surface area contributed by atoms with E-state index >= 15 is 0 Å². The van der Waals surface area contributed by atoms with Crippen molar-refractivity contribution < 1.29 is 24.9 Å². The van der Waals surface area contributed by atoms with Crippen molar-refractivity contribution in [3.8, 4) is 0 Å². The van der Waals surface area contributed by atoms with Gasteiger partial charge in [-0.2, -0.15) is 0 Å². The highest BCUT2D eigenvalue weighted by molar-refractivity contribution is 6.17. The molecule has 0 fully saturated rings. The lowest BCUT2D eigenvalue weighted by Crippen LogP contribution is -2.13. The molecule has 0 aliphatic rings. The molecule has 0 spiro atoms. The smallest absolute Gasteiger partial charge is 0.337 e. The molecule has 1 unspecified atom stereocenters. The lowest BCUT2D eigenvalue weighted by molar-refractivity contribution is -0.147. The molecule has 1 rings (SSSR count). The van der Waals surface area contributed by atoms with E-state index in [0.717, 1.165) is 5.56 Å². The summed E-state index contributed by atoms with van der Waals surface area (Å²) in [6.45, 7) is 0. The first-order valence-corrected chi connectivity index (χ1v) is 5.79. The van der Waals surface area contributed by atoms with Crippen LogP contribution < -0.4 is 0 Å². The standard InChI is InChI=1S/C12H13ClO5/c13-6-7-1-3-9(11(16)12(17)18)8(5-7)2-4-10(14)15/h1,3,5,11,16H,2,4,6H2,(H,14,15)(H,17,18). The third-order valence-corrected chi connectivity index (χ3v) is 2.81. The van der Waals surface area contributed by atoms with Crippen molar-refractivity contribution in [2.75, 3.05) is 0 Å². The van der Waals surface area contributed by atoms with Crippen LogP contribution in [0.15, 0.2) is 18.2 Å². The molecule has 1 atom stereocenters. The summed E-state index contributed by atoms with van der Waals surface area (Å²) in [5, 5.41) is 26.9. The fourth-order valence-corrected chi connectivity index (χ4v) is 1.77. The van der Waals surface area contributed by atoms with Crippen LogP contribution in [-0.2, 0) is 21.9 Å². The fraction of sp³-hybridized carbons (Fsp3) is 0.333. The van der Waals surface area contributed by atoms with Gasteiger partial charge >= 0.3 is 11.9 Å². The van der Waals surface area contributed by atoms with Gasteiger partial charge in [0, 0.05) is 12.3 Å². The third kappa shape index (κ3) is 3.72. The molecule has 0 saturated heterocycles. The van der Waals surface area contributed by atoms with Gasteiger partial charge in [0.05, 0.1) is 0 Å². The average Bonchev–Trinajstić information content (AvgIpc) is 2.34. The van der Waals surface area contributed by atoms with Crippen LogP contribution in [0.5, 0.6) is 0 Å². The Kier molecular flexibility index (Phi) is 5.12. The molecule has 6 heteroatoms. The maximum absolute atomic E-state index is 10.8. The number of hydrogen-bond donors (Lipinski definition) is 3. The molecule has 0 aliphatic heterocycles. The Morgan fingerprint density at radius 2 is 1.94 bits per heavy atom. The summed E-state index contributed by atoms with van der Waals surface area (Å²) in [7, 11) is 0. The summed E-state index contributed by atoms with van der Waals surface area (Å²) < 4.78 is 0. The van der Waals surface area contributed by atoms with Crippen LogP contribution in [0.3, 0.4) is 0 Å². The topological polar surface area (TPSA) is 94.8 Å². The molecule has 3 N–H and O–H groups in total. The van der Waals surface area contributed by atoms with E-state index in [1.165, 1.54) is 6.07 Å². The number of aryl methyl sites for hydroxylation is 1. The fourth-order valence-electron chi connectivity index (χ4n) is 1.60. The minimum atomic E-state index is -1.65. The number of halogens is 1. The van der Waals surface area contributed by atoms with E-state index in [-0.39, 0.29) is 24.3 Å². The lowest BCUT2D eigenvalue weighted by atomic mass is 9.96. The second kappa shape index (κ2) is 6.37. The first kappa shape index (κ1) is 14.5. The zero-order valence-corrected chi connectivity index (χ0v) is 10.2. The second-order valence-corrected chi connectivity index (χ2v) is 4.07. The number of rotatable bonds is 6. The van der Waals surface area contributed by atoms with Gasteiger partial charge < -0.3 is 15.3 Å². The number of carboxylic acid groups (broad SMARTS) is 2. The quantitative estimate of drug-likeness (QED) is 0.683. The largest absolute Gasteiger partial charge is 0.481 e. The Hall–Kier alpha value is -1.59. The van der Waals surface area contributed by atoms with Gasteiger partial charge in [0.1, 0.15) is 0 Å². The van der Waals surface area contributed by atoms with Crippen LogP contribution in [0.25, 0.3) is 0 Å². The Balaban J connectivity index is 3.07. The van der Waals surface area contributed by atoms with Crippen molar-refractivity contribution in [1.29, 1.82) is 0 Å². The van der Waals surface area contributed by atoms with E-state index in [2.05, 4.69) is 0 Å². The Labute approximate surface area is 109 Å². The molecule has 5 nitrogen and oxygen atoms in total. The predicted molar refractivity (Wildman–Crippen MR) is 64.6 cm³/mol. The zero-order chi connectivity index (χ0) is 13.7. The average molecular weight is 273 g/mol. The van der Waals surface area contributed by atoms with Gasteiger partial charge in [0.25, 0.3) is 0 Å². The Morgan fingerprint density at radius 1 is 1.28 bits per heavy atom. The van der Waals surface area contributed by atoms with Crippen LogP contribution in [0.2, 0.25) is 0 Å². The first-order chi connectivity index (χ1) is 8.45. The SMILES string of the molecule is O=C(O)CCc1cc(CCl)ccc1C(O)C(=O)O. The monoisotopic (exact) mass is 272 g/mol. The number of carboxylic acids is 2. The van der Waals surface area contributed by atoms with Gasteiger partial charge in [-0.3, -0.25) is 4.79 Å². The highest BCUT2D eigenvalue weighted by Crippen LogP contribution is 2.22. The van der Waals surface area contributed by atoms with Gasteiger partial charge in [-0.1, -0.05) is 18.2 Å². The van der Waals surface area contributed by atoms with Gasteiger partial charge in [0.15, 0.2) is 6.10 Å². The van der Waals surface area contributed by atoms with Crippen molar-refractivity contribution in [2.24, 2.45) is 0 Å². The Bertz CT molecular complexity index is 458. The summed E-state index contributed by atoms with van der Waals surface area (Å²) in [5.41, 5.74) is 1.45. The van der Waals surface area contributed by atoms with E-state index < -0.39 is 18.0 Å². The summed E-state index contributed by atoms with van der Waals surface area (Å²) in [6, 6.07) is 4.70. The van der Waals surface area contributed by atoms with Crippen molar-refractivity contribution in [3.63, 3.8) is 0 Å². The molecular weight excluding hydrogens is 260 g/mol. The van der Waals surface area contributed by atoms with E-state index in [9.17, 15) is 14.7 Å². The number of alkyl halides is 1. The van der Waals surface area contributed by atoms with E-state index in [1.807, 2.05) is 0 Å². The zero-order valence-electron chi connectivity index (χ0n) is 9.47. The van der Waals surface area contributed by atoms with Crippen molar-refractivity contribution in [3.05, 3.63) is 34.9 Å². The van der Waals surface area contributed by atoms with Crippen LogP contribution in [0, 0.1) is 0 Å². The van der Waals surface area contributed by atoms with Crippen LogP contribution in [-0.4, -0.2) is 27.3 Å². The number of aliphatic hydroxyl groups excluding tert-OH is 1. The van der Waals surface area contributed by atoms with Crippen LogP contribution in [0.1, 0.15) is 29.2 Å². The van der Waals surface area contributed by atoms with E-state index in [0.29, 0.717) is 5.56 Å². The van der Waals surface area contributed by atoms with Crippen molar-refractivity contribution in [1.82, 2.24) is 0 Å². The second-order valence-electron chi connectivity index (χ2n) is 3.80. The van der Waals surface area contributed by atoms with Crippen LogP contribution in [0.4, 0.5) is 0 Å². The predicted octanol–water partition coefficient (Wildman–Crippen LogP) is 1.56. The molecule has 1 aromatic carbocycles. The van der Waals surface area contributed by atoms with Crippen molar-refractivity contribution in [2.45, 2.75) is 24.8 Å². The van der Waals surface area contributed by atoms with E-state index in [4.69, 9.17) is 21.8 Å². The Morgan fingerprint density at radius 3 is 2.44 bits per heavy atom. The minimum Gasteiger partial charge on any atom is -0.481 e. The summed E-state index contributed by atoms with van der Waals surface area (Å²) in [6.07, 6.45) is -1.64. The van der Waals surface area contributed by atoms with Gasteiger partial charge in [-0.15, -0.1) is 11.6 Å². The van der Waals surface area contributed by atoms with Gasteiger partial charge in [-0.25, -0.2) is 4.79 Å². The first-order valence-electron chi connectivity index (χ1n) is 5.26. The number of benzene rings is 1. The number of aliphatic carboxylic acids is 2. The molecule has 0 aliphatic carbocycles. The molecule has 0 heterocycles. The number of aliphatic hydroxyl groups is 1. The molecule has 0 bridgehead atoms. The normalized spacial score (nSPS) is 12.1. The third-order valence-electron chi connectivity index (χ3n) is 2.50. The molecule has 0 saturated carbocycles. The maximum Gasteiger partial charge on any atom is 0.337 e. The molecule has 0 amide bonds. The van der Waals surface area contributed by atoms with Gasteiger partial charge in [0.2, 0.25) is 0 Å². The summed E-state index contributed by atoms with van der Waals surface area (Å²) in [4.78, 5) is 21.3. The highest BCUT2D eigenvalue weighted by Gasteiger charge is 2.19. The molecule has 0 radical (unpaired) electrons. The molecular formula is C12H13ClO5. The summed E-state index contributed by atoms with van der Waals surface area (Å²) in [5.74, 6) is -2.11. The maximum atomic E-state index is 10.8. The molecule has 98 valence electrons. The van der Waals surface area contributed by atoms with Crippen LogP contribution >= 0.6 is 11.6 Å². The number of carbonyl (C=O) groups is 2. The number of hydrogen-bond acceptors (Lipinski definition) is 3. The lowest BCUT2D eigenvalue weighted by Gasteiger charge is -2.13. The highest BCUT2D eigenvalue weighted by atomic mass is 35.5. The van der Waals surface area contributed by atoms with Crippen molar-refractivity contribution >= 4 is 23.5 Å². The molecule has 0 aromatic heterocycles. The molecule has 18 heavy (non-hydrogen) atoms. The molecule has 1 aromatic rings.